The van der Waals surface area contributed by atoms with E-state index in [1.807, 2.05) is 11.9 Å². The normalized spacial score (nSPS) is 18.3. The van der Waals surface area contributed by atoms with Crippen LogP contribution in [0.4, 0.5) is 10.2 Å². The number of nitrogens with zero attached hydrogens (tertiary/aromatic N) is 5. The predicted molar refractivity (Wildman–Crippen MR) is 77.9 cm³/mol. The fraction of sp³-hybridized carbons (Fsp3) is 0.429. The number of nitrogens with one attached hydrogen (secondary N) is 1. The van der Waals surface area contributed by atoms with Crippen molar-refractivity contribution in [3.63, 3.8) is 0 Å². The van der Waals surface area contributed by atoms with Gasteiger partial charge in [0.15, 0.2) is 11.6 Å². The van der Waals surface area contributed by atoms with Gasteiger partial charge in [0, 0.05) is 32.4 Å². The van der Waals surface area contributed by atoms with E-state index < -0.39 is 5.82 Å². The van der Waals surface area contributed by atoms with Gasteiger partial charge in [-0.15, -0.1) is 0 Å². The van der Waals surface area contributed by atoms with E-state index in [2.05, 4.69) is 20.3 Å². The summed E-state index contributed by atoms with van der Waals surface area (Å²) < 4.78 is 15.5. The molecule has 3 heterocycles. The summed E-state index contributed by atoms with van der Waals surface area (Å²) in [6, 6.07) is -0.0578. The SMILES string of the molecule is Cn1cnc(C(=O)NC2CCCN(c3ncncc3F)C2)c1. The molecule has 0 aliphatic carbocycles. The quantitative estimate of drug-likeness (QED) is 0.905. The van der Waals surface area contributed by atoms with Gasteiger partial charge in [0.25, 0.3) is 5.91 Å². The van der Waals surface area contributed by atoms with E-state index in [0.29, 0.717) is 18.8 Å². The minimum Gasteiger partial charge on any atom is -0.352 e. The second-order valence-corrected chi connectivity index (χ2v) is 5.38. The third-order valence-corrected chi connectivity index (χ3v) is 3.64. The maximum atomic E-state index is 13.8. The average Bonchev–Trinajstić information content (AvgIpc) is 2.95. The van der Waals surface area contributed by atoms with Gasteiger partial charge in [-0.1, -0.05) is 0 Å². The second-order valence-electron chi connectivity index (χ2n) is 5.38. The highest BCUT2D eigenvalue weighted by molar-refractivity contribution is 5.92. The summed E-state index contributed by atoms with van der Waals surface area (Å²) >= 11 is 0. The molecule has 1 amide bonds. The van der Waals surface area contributed by atoms with Crippen LogP contribution in [0.15, 0.2) is 25.0 Å². The van der Waals surface area contributed by atoms with Crippen LogP contribution in [0.25, 0.3) is 0 Å². The Hall–Kier alpha value is -2.51. The minimum atomic E-state index is -0.445. The molecule has 1 N–H and O–H groups in total. The molecule has 1 saturated heterocycles. The number of hydrogen-bond acceptors (Lipinski definition) is 5. The van der Waals surface area contributed by atoms with Gasteiger partial charge in [-0.25, -0.2) is 19.3 Å². The number of piperidine rings is 1. The summed E-state index contributed by atoms with van der Waals surface area (Å²) in [5.74, 6) is -0.374. The number of carbonyl (C=O) groups excluding carboxylic acids is 1. The van der Waals surface area contributed by atoms with Crippen LogP contribution in [-0.2, 0) is 7.05 Å². The van der Waals surface area contributed by atoms with E-state index in [1.165, 1.54) is 6.33 Å². The first-order chi connectivity index (χ1) is 10.6. The lowest BCUT2D eigenvalue weighted by molar-refractivity contribution is 0.0928. The van der Waals surface area contributed by atoms with Crippen molar-refractivity contribution in [2.75, 3.05) is 18.0 Å². The van der Waals surface area contributed by atoms with E-state index in [1.54, 1.807) is 17.1 Å². The van der Waals surface area contributed by atoms with Crippen molar-refractivity contribution in [1.29, 1.82) is 0 Å². The van der Waals surface area contributed by atoms with Gasteiger partial charge < -0.3 is 14.8 Å². The topological polar surface area (TPSA) is 75.9 Å². The fourth-order valence-corrected chi connectivity index (χ4v) is 2.62. The number of aryl methyl sites for hydroxylation is 1. The van der Waals surface area contributed by atoms with Gasteiger partial charge in [-0.05, 0) is 12.8 Å². The summed E-state index contributed by atoms with van der Waals surface area (Å²) in [4.78, 5) is 25.6. The number of amides is 1. The molecule has 1 atom stereocenters. The summed E-state index contributed by atoms with van der Waals surface area (Å²) in [5.41, 5.74) is 0.382. The monoisotopic (exact) mass is 304 g/mol. The van der Waals surface area contributed by atoms with Crippen LogP contribution in [-0.4, -0.2) is 44.6 Å². The Labute approximate surface area is 127 Å². The van der Waals surface area contributed by atoms with Crippen molar-refractivity contribution in [3.05, 3.63) is 36.6 Å². The molecule has 1 unspecified atom stereocenters. The molecule has 0 bridgehead atoms. The van der Waals surface area contributed by atoms with Crippen LogP contribution in [0.2, 0.25) is 0 Å². The Morgan fingerprint density at radius 2 is 2.32 bits per heavy atom. The molecule has 1 aliphatic rings. The number of anilines is 1. The predicted octanol–water partition coefficient (Wildman–Crippen LogP) is 0.748. The van der Waals surface area contributed by atoms with Crippen LogP contribution in [0.5, 0.6) is 0 Å². The summed E-state index contributed by atoms with van der Waals surface area (Å²) in [6.07, 6.45) is 7.43. The number of halogens is 1. The van der Waals surface area contributed by atoms with E-state index in [9.17, 15) is 9.18 Å². The van der Waals surface area contributed by atoms with Crippen molar-refractivity contribution in [2.45, 2.75) is 18.9 Å². The molecule has 116 valence electrons. The standard InChI is InChI=1S/C14H17FN6O/c1-20-7-12(18-9-20)14(22)19-10-3-2-4-21(6-10)13-11(15)5-16-8-17-13/h5,7-10H,2-4,6H2,1H3,(H,19,22). The van der Waals surface area contributed by atoms with Gasteiger partial charge in [0.2, 0.25) is 0 Å². The molecule has 3 rings (SSSR count). The fourth-order valence-electron chi connectivity index (χ4n) is 2.62. The van der Waals surface area contributed by atoms with E-state index in [0.717, 1.165) is 19.0 Å². The number of rotatable bonds is 3. The largest absolute Gasteiger partial charge is 0.352 e. The molecule has 0 spiro atoms. The Kier molecular flexibility index (Phi) is 3.99. The summed E-state index contributed by atoms with van der Waals surface area (Å²) in [5, 5.41) is 2.95. The van der Waals surface area contributed by atoms with Crippen molar-refractivity contribution < 1.29 is 9.18 Å². The molecule has 8 heteroatoms. The van der Waals surface area contributed by atoms with Crippen molar-refractivity contribution in [2.24, 2.45) is 7.05 Å². The van der Waals surface area contributed by atoms with Crippen LogP contribution in [0.1, 0.15) is 23.3 Å². The Balaban J connectivity index is 1.66. The first-order valence-corrected chi connectivity index (χ1v) is 7.13. The number of aromatic nitrogens is 4. The van der Waals surface area contributed by atoms with E-state index >= 15 is 0 Å². The molecule has 0 saturated carbocycles. The summed E-state index contributed by atoms with van der Waals surface area (Å²) in [6.45, 7) is 1.23. The molecule has 22 heavy (non-hydrogen) atoms. The molecule has 2 aromatic rings. The Bertz CT molecular complexity index is 673. The maximum Gasteiger partial charge on any atom is 0.271 e. The van der Waals surface area contributed by atoms with Crippen molar-refractivity contribution in [1.82, 2.24) is 24.8 Å². The first-order valence-electron chi connectivity index (χ1n) is 7.13. The minimum absolute atomic E-state index is 0.0578. The highest BCUT2D eigenvalue weighted by atomic mass is 19.1. The molecule has 0 radical (unpaired) electrons. The zero-order valence-electron chi connectivity index (χ0n) is 12.2. The van der Waals surface area contributed by atoms with Gasteiger partial charge in [-0.2, -0.15) is 0 Å². The number of hydrogen-bond donors (Lipinski definition) is 1. The van der Waals surface area contributed by atoms with Crippen LogP contribution in [0, 0.1) is 5.82 Å². The summed E-state index contributed by atoms with van der Waals surface area (Å²) in [7, 11) is 1.81. The van der Waals surface area contributed by atoms with E-state index in [-0.39, 0.29) is 17.8 Å². The second kappa shape index (κ2) is 6.08. The van der Waals surface area contributed by atoms with Gasteiger partial charge in [-0.3, -0.25) is 4.79 Å². The lowest BCUT2D eigenvalue weighted by atomic mass is 10.1. The molecule has 1 aliphatic heterocycles. The maximum absolute atomic E-state index is 13.8. The Morgan fingerprint density at radius 1 is 1.45 bits per heavy atom. The van der Waals surface area contributed by atoms with E-state index in [4.69, 9.17) is 0 Å². The van der Waals surface area contributed by atoms with Crippen molar-refractivity contribution >= 4 is 11.7 Å². The Morgan fingerprint density at radius 3 is 3.05 bits per heavy atom. The highest BCUT2D eigenvalue weighted by Crippen LogP contribution is 2.20. The highest BCUT2D eigenvalue weighted by Gasteiger charge is 2.25. The van der Waals surface area contributed by atoms with Crippen LogP contribution < -0.4 is 10.2 Å². The number of carbonyl (C=O) groups is 1. The molecule has 0 aromatic carbocycles. The van der Waals surface area contributed by atoms with Crippen LogP contribution >= 0.6 is 0 Å². The zero-order valence-corrected chi connectivity index (χ0v) is 12.2. The average molecular weight is 304 g/mol. The number of imidazole rings is 1. The molecule has 1 fully saturated rings. The third-order valence-electron chi connectivity index (χ3n) is 3.64. The van der Waals surface area contributed by atoms with Gasteiger partial charge in [0.05, 0.1) is 12.5 Å². The first kappa shape index (κ1) is 14.4. The third kappa shape index (κ3) is 3.05. The lowest BCUT2D eigenvalue weighted by Gasteiger charge is -2.33. The van der Waals surface area contributed by atoms with Crippen molar-refractivity contribution in [3.8, 4) is 0 Å². The smallest absolute Gasteiger partial charge is 0.271 e. The molecular weight excluding hydrogens is 287 g/mol. The molecule has 2 aromatic heterocycles. The van der Waals surface area contributed by atoms with Crippen LogP contribution in [0.3, 0.4) is 0 Å². The zero-order chi connectivity index (χ0) is 15.5. The van der Waals surface area contributed by atoms with Gasteiger partial charge in [0.1, 0.15) is 12.0 Å². The lowest BCUT2D eigenvalue weighted by Crippen LogP contribution is -2.48. The van der Waals surface area contributed by atoms with Gasteiger partial charge >= 0.3 is 0 Å². The molecule has 7 nitrogen and oxygen atoms in total. The molecular formula is C14H17FN6O.